The highest BCUT2D eigenvalue weighted by Gasteiger charge is 2.18. The molecule has 4 rings (SSSR count). The van der Waals surface area contributed by atoms with Crippen molar-refractivity contribution >= 4 is 34.1 Å². The molecule has 1 aliphatic rings. The van der Waals surface area contributed by atoms with E-state index in [1.54, 1.807) is 0 Å². The van der Waals surface area contributed by atoms with Gasteiger partial charge in [-0.25, -0.2) is 0 Å². The molecule has 1 aromatic heterocycles. The topological polar surface area (TPSA) is 67.3 Å². The summed E-state index contributed by atoms with van der Waals surface area (Å²) in [5.74, 6) is 0.459. The summed E-state index contributed by atoms with van der Waals surface area (Å²) < 4.78 is 6.43. The van der Waals surface area contributed by atoms with Gasteiger partial charge in [0.25, 0.3) is 0 Å². The Balaban J connectivity index is 1.30. The van der Waals surface area contributed by atoms with E-state index in [1.165, 1.54) is 28.7 Å². The standard InChI is InChI=1S/C24H28N4O2S2/c29-22(18-31-24-27-26-23(32-24)25-16-21-12-7-15-30-21)28(17-20-10-5-2-6-11-20)14-13-19-8-3-1-4-9-19/h1-6,8-11,21H,7,12-18H2,(H,25,26). The van der Waals surface area contributed by atoms with E-state index in [-0.39, 0.29) is 12.0 Å². The zero-order valence-corrected chi connectivity index (χ0v) is 19.6. The lowest BCUT2D eigenvalue weighted by atomic mass is 10.1. The summed E-state index contributed by atoms with van der Waals surface area (Å²) in [6.07, 6.45) is 3.30. The maximum absolute atomic E-state index is 13.1. The van der Waals surface area contributed by atoms with Crippen LogP contribution in [-0.4, -0.2) is 52.6 Å². The summed E-state index contributed by atoms with van der Waals surface area (Å²) in [6.45, 7) is 2.89. The van der Waals surface area contributed by atoms with Crippen molar-refractivity contribution in [1.82, 2.24) is 15.1 Å². The number of thioether (sulfide) groups is 1. The van der Waals surface area contributed by atoms with Gasteiger partial charge in [0.15, 0.2) is 4.34 Å². The van der Waals surface area contributed by atoms with Gasteiger partial charge in [-0.3, -0.25) is 4.79 Å². The lowest BCUT2D eigenvalue weighted by molar-refractivity contribution is -0.128. The largest absolute Gasteiger partial charge is 0.376 e. The second-order valence-corrected chi connectivity index (χ2v) is 9.91. The van der Waals surface area contributed by atoms with Crippen LogP contribution in [0, 0.1) is 0 Å². The first-order valence-corrected chi connectivity index (χ1v) is 12.7. The Kier molecular flexibility index (Phi) is 8.53. The highest BCUT2D eigenvalue weighted by molar-refractivity contribution is 8.01. The summed E-state index contributed by atoms with van der Waals surface area (Å²) in [5, 5.41) is 12.5. The Hall–Kier alpha value is -2.42. The summed E-state index contributed by atoms with van der Waals surface area (Å²) in [6, 6.07) is 20.4. The summed E-state index contributed by atoms with van der Waals surface area (Å²) in [7, 11) is 0. The molecule has 0 spiro atoms. The normalized spacial score (nSPS) is 15.6. The number of nitrogens with one attached hydrogen (secondary N) is 1. The molecule has 1 saturated heterocycles. The van der Waals surface area contributed by atoms with E-state index in [0.29, 0.717) is 18.8 Å². The van der Waals surface area contributed by atoms with Crippen molar-refractivity contribution in [2.45, 2.75) is 36.3 Å². The molecule has 0 saturated carbocycles. The monoisotopic (exact) mass is 468 g/mol. The van der Waals surface area contributed by atoms with Gasteiger partial charge in [0.2, 0.25) is 11.0 Å². The van der Waals surface area contributed by atoms with Crippen LogP contribution in [0.25, 0.3) is 0 Å². The molecule has 0 aliphatic carbocycles. The Morgan fingerprint density at radius 2 is 1.84 bits per heavy atom. The van der Waals surface area contributed by atoms with Gasteiger partial charge < -0.3 is 15.0 Å². The van der Waals surface area contributed by atoms with Crippen molar-refractivity contribution in [3.8, 4) is 0 Å². The predicted molar refractivity (Wildman–Crippen MR) is 130 cm³/mol. The van der Waals surface area contributed by atoms with E-state index in [0.717, 1.165) is 47.4 Å². The van der Waals surface area contributed by atoms with Gasteiger partial charge in [-0.05, 0) is 30.4 Å². The zero-order chi connectivity index (χ0) is 22.0. The summed E-state index contributed by atoms with van der Waals surface area (Å²) in [5.41, 5.74) is 2.37. The molecule has 1 fully saturated rings. The van der Waals surface area contributed by atoms with Gasteiger partial charge in [0.1, 0.15) is 0 Å². The number of nitrogens with zero attached hydrogens (tertiary/aromatic N) is 3. The van der Waals surface area contributed by atoms with Crippen molar-refractivity contribution in [3.63, 3.8) is 0 Å². The van der Waals surface area contributed by atoms with E-state index in [1.807, 2.05) is 41.3 Å². The molecule has 1 N–H and O–H groups in total. The Morgan fingerprint density at radius 1 is 1.09 bits per heavy atom. The highest BCUT2D eigenvalue weighted by atomic mass is 32.2. The van der Waals surface area contributed by atoms with Crippen molar-refractivity contribution < 1.29 is 9.53 Å². The van der Waals surface area contributed by atoms with E-state index in [4.69, 9.17) is 4.74 Å². The Bertz CT molecular complexity index is 962. The van der Waals surface area contributed by atoms with Gasteiger partial charge >= 0.3 is 0 Å². The predicted octanol–water partition coefficient (Wildman–Crippen LogP) is 4.49. The number of ether oxygens (including phenoxy) is 1. The average molecular weight is 469 g/mol. The molecular formula is C24H28N4O2S2. The highest BCUT2D eigenvalue weighted by Crippen LogP contribution is 2.26. The maximum Gasteiger partial charge on any atom is 0.233 e. The van der Waals surface area contributed by atoms with Crippen molar-refractivity contribution in [2.24, 2.45) is 0 Å². The number of amides is 1. The van der Waals surface area contributed by atoms with E-state index < -0.39 is 0 Å². The number of hydrogen-bond donors (Lipinski definition) is 1. The third kappa shape index (κ3) is 7.05. The fourth-order valence-corrected chi connectivity index (χ4v) is 5.23. The second kappa shape index (κ2) is 12.0. The number of hydrogen-bond acceptors (Lipinski definition) is 7. The Morgan fingerprint density at radius 3 is 2.56 bits per heavy atom. The lowest BCUT2D eigenvalue weighted by Crippen LogP contribution is -2.33. The SMILES string of the molecule is O=C(CSc1nnc(NCC2CCCO2)s1)N(CCc1ccccc1)Cc1ccccc1. The number of anilines is 1. The van der Waals surface area contributed by atoms with Crippen molar-refractivity contribution in [1.29, 1.82) is 0 Å². The number of carbonyl (C=O) groups is 1. The van der Waals surface area contributed by atoms with Gasteiger partial charge in [0.05, 0.1) is 11.9 Å². The lowest BCUT2D eigenvalue weighted by Gasteiger charge is -2.23. The third-order valence-corrected chi connectivity index (χ3v) is 7.31. The van der Waals surface area contributed by atoms with Crippen LogP contribution in [-0.2, 0) is 22.5 Å². The molecule has 3 aromatic rings. The van der Waals surface area contributed by atoms with Gasteiger partial charge in [-0.2, -0.15) is 0 Å². The molecule has 1 amide bonds. The molecule has 0 bridgehead atoms. The van der Waals surface area contributed by atoms with Gasteiger partial charge in [-0.15, -0.1) is 10.2 Å². The first-order valence-electron chi connectivity index (χ1n) is 10.9. The van der Waals surface area contributed by atoms with Gasteiger partial charge in [-0.1, -0.05) is 83.8 Å². The van der Waals surface area contributed by atoms with Crippen molar-refractivity contribution in [2.75, 3.05) is 30.8 Å². The van der Waals surface area contributed by atoms with Crippen molar-refractivity contribution in [3.05, 3.63) is 71.8 Å². The average Bonchev–Trinajstić information content (AvgIpc) is 3.52. The number of benzene rings is 2. The number of carbonyl (C=O) groups excluding carboxylic acids is 1. The van der Waals surface area contributed by atoms with Gasteiger partial charge in [0, 0.05) is 26.2 Å². The van der Waals surface area contributed by atoms with Crippen LogP contribution in [0.4, 0.5) is 5.13 Å². The first kappa shape index (κ1) is 22.8. The zero-order valence-electron chi connectivity index (χ0n) is 18.0. The van der Waals surface area contributed by atoms with Crippen LogP contribution in [0.3, 0.4) is 0 Å². The quantitative estimate of drug-likeness (QED) is 0.418. The minimum Gasteiger partial charge on any atom is -0.376 e. The molecule has 1 aliphatic heterocycles. The molecule has 6 nitrogen and oxygen atoms in total. The first-order chi connectivity index (χ1) is 15.8. The third-order valence-electron chi connectivity index (χ3n) is 5.31. The second-order valence-electron chi connectivity index (χ2n) is 7.71. The van der Waals surface area contributed by atoms with E-state index in [2.05, 4.69) is 39.8 Å². The van der Waals surface area contributed by atoms with Crippen LogP contribution < -0.4 is 5.32 Å². The molecule has 8 heteroatoms. The minimum absolute atomic E-state index is 0.110. The van der Waals surface area contributed by atoms with Crippen LogP contribution in [0.1, 0.15) is 24.0 Å². The minimum atomic E-state index is 0.110. The van der Waals surface area contributed by atoms with Crippen LogP contribution in [0.5, 0.6) is 0 Å². The molecule has 168 valence electrons. The van der Waals surface area contributed by atoms with Crippen LogP contribution in [0.15, 0.2) is 65.0 Å². The van der Waals surface area contributed by atoms with E-state index >= 15 is 0 Å². The summed E-state index contributed by atoms with van der Waals surface area (Å²) >= 11 is 2.94. The molecule has 2 aromatic carbocycles. The van der Waals surface area contributed by atoms with E-state index in [9.17, 15) is 4.79 Å². The van der Waals surface area contributed by atoms with Crippen LogP contribution >= 0.6 is 23.1 Å². The molecule has 0 radical (unpaired) electrons. The van der Waals surface area contributed by atoms with Crippen LogP contribution in [0.2, 0.25) is 0 Å². The molecule has 32 heavy (non-hydrogen) atoms. The molecule has 1 atom stereocenters. The molecule has 1 unspecified atom stereocenters. The molecule has 2 heterocycles. The number of rotatable bonds is 11. The fraction of sp³-hybridized carbons (Fsp3) is 0.375. The Labute approximate surface area is 197 Å². The smallest absolute Gasteiger partial charge is 0.233 e. The number of aromatic nitrogens is 2. The fourth-order valence-electron chi connectivity index (χ4n) is 3.57. The summed E-state index contributed by atoms with van der Waals surface area (Å²) in [4.78, 5) is 15.0. The maximum atomic E-state index is 13.1. The molecular weight excluding hydrogens is 440 g/mol.